The zero-order valence-electron chi connectivity index (χ0n) is 19.2. The number of nitrogens with zero attached hydrogens (tertiary/aromatic N) is 2. The molecule has 0 aromatic carbocycles. The van der Waals surface area contributed by atoms with Gasteiger partial charge in [0.25, 0.3) is 0 Å². The molecule has 0 saturated carbocycles. The van der Waals surface area contributed by atoms with E-state index in [1.54, 1.807) is 12.4 Å². The lowest BCUT2D eigenvalue weighted by Gasteiger charge is -2.42. The number of carbonyl (C=O) groups is 2. The SMILES string of the molecule is CC1=CC[C@H](C(C)C)[C@H]2CC(C=O)C/C=C\C[C@@H](OC(=O)/C=C/c3cn(C)cn3)C[C@@H]12. The molecule has 5 nitrogen and oxygen atoms in total. The van der Waals surface area contributed by atoms with Crippen molar-refractivity contribution in [3.05, 3.63) is 48.1 Å². The molecule has 0 aliphatic heterocycles. The fourth-order valence-corrected chi connectivity index (χ4v) is 5.18. The van der Waals surface area contributed by atoms with Gasteiger partial charge in [-0.2, -0.15) is 0 Å². The predicted octanol–water partition coefficient (Wildman–Crippen LogP) is 5.15. The van der Waals surface area contributed by atoms with Crippen molar-refractivity contribution in [2.45, 2.75) is 59.0 Å². The maximum Gasteiger partial charge on any atom is 0.331 e. The van der Waals surface area contributed by atoms with E-state index >= 15 is 0 Å². The minimum absolute atomic E-state index is 0.0660. The summed E-state index contributed by atoms with van der Waals surface area (Å²) in [6, 6.07) is 0. The van der Waals surface area contributed by atoms with E-state index in [1.165, 1.54) is 11.6 Å². The van der Waals surface area contributed by atoms with E-state index in [0.717, 1.165) is 37.7 Å². The fourth-order valence-electron chi connectivity index (χ4n) is 5.18. The zero-order chi connectivity index (χ0) is 22.4. The van der Waals surface area contributed by atoms with E-state index in [-0.39, 0.29) is 18.0 Å². The van der Waals surface area contributed by atoms with Crippen LogP contribution in [0.3, 0.4) is 0 Å². The van der Waals surface area contributed by atoms with Gasteiger partial charge in [-0.3, -0.25) is 0 Å². The van der Waals surface area contributed by atoms with Gasteiger partial charge in [0.1, 0.15) is 12.4 Å². The lowest BCUT2D eigenvalue weighted by molar-refractivity contribution is -0.143. The highest BCUT2D eigenvalue weighted by Crippen LogP contribution is 2.45. The summed E-state index contributed by atoms with van der Waals surface area (Å²) in [5.74, 6) is 1.63. The summed E-state index contributed by atoms with van der Waals surface area (Å²) in [5, 5.41) is 0. The van der Waals surface area contributed by atoms with E-state index < -0.39 is 0 Å². The third-order valence-corrected chi connectivity index (χ3v) is 6.91. The van der Waals surface area contributed by atoms with E-state index in [0.29, 0.717) is 30.1 Å². The maximum atomic E-state index is 12.5. The standard InChI is InChI=1S/C26H36N2O3/c1-18(2)23-11-9-19(3)24-14-22(8-6-5-7-20(16-29)13-25(23)24)31-26(30)12-10-21-15-28(4)17-27-21/h5-6,9-10,12,15-18,20,22-25H,7-8,11,13-14H2,1-4H3/b6-5-,12-10+/t20?,22-,23-,24+,25-/m1/s1. The van der Waals surface area contributed by atoms with Crippen LogP contribution < -0.4 is 0 Å². The highest BCUT2D eigenvalue weighted by Gasteiger charge is 2.38. The van der Waals surface area contributed by atoms with Crippen molar-refractivity contribution in [1.82, 2.24) is 9.55 Å². The smallest absolute Gasteiger partial charge is 0.331 e. The summed E-state index contributed by atoms with van der Waals surface area (Å²) in [6.45, 7) is 6.77. The number of aldehydes is 1. The van der Waals surface area contributed by atoms with Crippen molar-refractivity contribution in [2.75, 3.05) is 0 Å². The molecule has 5 heteroatoms. The first kappa shape index (κ1) is 23.2. The predicted molar refractivity (Wildman–Crippen MR) is 123 cm³/mol. The number of fused-ring (bicyclic) bond motifs is 1. The summed E-state index contributed by atoms with van der Waals surface area (Å²) in [6.07, 6.45) is 18.4. The number of imidazole rings is 1. The van der Waals surface area contributed by atoms with Crippen LogP contribution in [0.2, 0.25) is 0 Å². The zero-order valence-corrected chi connectivity index (χ0v) is 19.2. The number of aryl methyl sites for hydroxylation is 1. The number of hydrogen-bond acceptors (Lipinski definition) is 4. The monoisotopic (exact) mass is 424 g/mol. The first-order chi connectivity index (χ1) is 14.9. The Morgan fingerprint density at radius 2 is 2.00 bits per heavy atom. The normalized spacial score (nSPS) is 30.5. The molecule has 2 aliphatic rings. The van der Waals surface area contributed by atoms with Crippen molar-refractivity contribution >= 4 is 18.3 Å². The topological polar surface area (TPSA) is 61.2 Å². The van der Waals surface area contributed by atoms with E-state index in [4.69, 9.17) is 4.74 Å². The average molecular weight is 425 g/mol. The maximum absolute atomic E-state index is 12.5. The molecule has 0 spiro atoms. The van der Waals surface area contributed by atoms with Crippen LogP contribution in [0.25, 0.3) is 6.08 Å². The molecule has 0 amide bonds. The van der Waals surface area contributed by atoms with Crippen molar-refractivity contribution in [3.8, 4) is 0 Å². The van der Waals surface area contributed by atoms with Gasteiger partial charge in [-0.25, -0.2) is 9.78 Å². The van der Waals surface area contributed by atoms with Gasteiger partial charge < -0.3 is 14.1 Å². The van der Waals surface area contributed by atoms with E-state index in [9.17, 15) is 9.59 Å². The van der Waals surface area contributed by atoms with Gasteiger partial charge in [0.2, 0.25) is 0 Å². The minimum atomic E-state index is -0.332. The molecule has 5 atom stereocenters. The third-order valence-electron chi connectivity index (χ3n) is 6.91. The Balaban J connectivity index is 1.78. The summed E-state index contributed by atoms with van der Waals surface area (Å²) < 4.78 is 7.73. The van der Waals surface area contributed by atoms with Gasteiger partial charge in [-0.15, -0.1) is 0 Å². The van der Waals surface area contributed by atoms with Gasteiger partial charge in [0, 0.05) is 31.7 Å². The van der Waals surface area contributed by atoms with Crippen LogP contribution in [0, 0.1) is 29.6 Å². The van der Waals surface area contributed by atoms with Crippen LogP contribution in [0.4, 0.5) is 0 Å². The second-order valence-corrected chi connectivity index (χ2v) is 9.53. The molecule has 1 heterocycles. The van der Waals surface area contributed by atoms with Crippen LogP contribution in [-0.4, -0.2) is 27.9 Å². The Morgan fingerprint density at radius 3 is 2.68 bits per heavy atom. The molecule has 0 bridgehead atoms. The number of aromatic nitrogens is 2. The molecule has 0 radical (unpaired) electrons. The Labute approximate surface area is 186 Å². The number of carbonyl (C=O) groups excluding carboxylic acids is 2. The number of hydrogen-bond donors (Lipinski definition) is 0. The molecule has 1 aromatic heterocycles. The Bertz CT molecular complexity index is 849. The first-order valence-electron chi connectivity index (χ1n) is 11.5. The molecule has 1 unspecified atom stereocenters. The van der Waals surface area contributed by atoms with Crippen molar-refractivity contribution in [1.29, 1.82) is 0 Å². The summed E-state index contributed by atoms with van der Waals surface area (Å²) in [7, 11) is 1.89. The van der Waals surface area contributed by atoms with Gasteiger partial charge in [0.15, 0.2) is 0 Å². The molecule has 0 N–H and O–H groups in total. The summed E-state index contributed by atoms with van der Waals surface area (Å²) in [4.78, 5) is 28.5. The first-order valence-corrected chi connectivity index (χ1v) is 11.5. The van der Waals surface area contributed by atoms with Crippen molar-refractivity contribution in [2.24, 2.45) is 36.6 Å². The molecular formula is C26H36N2O3. The fraction of sp³-hybridized carbons (Fsp3) is 0.577. The molecule has 3 rings (SSSR count). The van der Waals surface area contributed by atoms with E-state index in [2.05, 4.69) is 44.0 Å². The Hall–Kier alpha value is -2.43. The molecule has 2 aliphatic carbocycles. The van der Waals surface area contributed by atoms with Crippen LogP contribution in [0.15, 0.2) is 42.4 Å². The lowest BCUT2D eigenvalue weighted by atomic mass is 9.63. The second-order valence-electron chi connectivity index (χ2n) is 9.53. The number of ether oxygens (including phenoxy) is 1. The Morgan fingerprint density at radius 1 is 1.23 bits per heavy atom. The van der Waals surface area contributed by atoms with E-state index in [1.807, 2.05) is 17.8 Å². The second kappa shape index (κ2) is 10.7. The van der Waals surface area contributed by atoms with Crippen LogP contribution in [0.5, 0.6) is 0 Å². The van der Waals surface area contributed by atoms with Crippen molar-refractivity contribution in [3.63, 3.8) is 0 Å². The lowest BCUT2D eigenvalue weighted by Crippen LogP contribution is -2.36. The van der Waals surface area contributed by atoms with Gasteiger partial charge in [0.05, 0.1) is 12.0 Å². The molecule has 168 valence electrons. The van der Waals surface area contributed by atoms with Crippen molar-refractivity contribution < 1.29 is 14.3 Å². The van der Waals surface area contributed by atoms with Crippen LogP contribution in [-0.2, 0) is 21.4 Å². The molecule has 0 fully saturated rings. The van der Waals surface area contributed by atoms with Gasteiger partial charge >= 0.3 is 5.97 Å². The minimum Gasteiger partial charge on any atom is -0.459 e. The quantitative estimate of drug-likeness (QED) is 0.284. The molecule has 31 heavy (non-hydrogen) atoms. The Kier molecular flexibility index (Phi) is 8.05. The van der Waals surface area contributed by atoms with Crippen LogP contribution >= 0.6 is 0 Å². The third kappa shape index (κ3) is 6.28. The van der Waals surface area contributed by atoms with Crippen LogP contribution in [0.1, 0.15) is 58.6 Å². The average Bonchev–Trinajstić information content (AvgIpc) is 3.15. The summed E-state index contributed by atoms with van der Waals surface area (Å²) in [5.41, 5.74) is 2.11. The largest absolute Gasteiger partial charge is 0.459 e. The summed E-state index contributed by atoms with van der Waals surface area (Å²) >= 11 is 0. The number of rotatable bonds is 5. The van der Waals surface area contributed by atoms with Gasteiger partial charge in [-0.1, -0.05) is 37.6 Å². The highest BCUT2D eigenvalue weighted by molar-refractivity contribution is 5.86. The van der Waals surface area contributed by atoms with Gasteiger partial charge in [-0.05, 0) is 62.4 Å². The molecule has 1 aromatic rings. The number of esters is 1. The molecular weight excluding hydrogens is 388 g/mol. The number of allylic oxidation sites excluding steroid dienone is 3. The molecule has 0 saturated heterocycles. The highest BCUT2D eigenvalue weighted by atomic mass is 16.5.